The van der Waals surface area contributed by atoms with Crippen molar-refractivity contribution >= 4 is 29.3 Å². The first-order valence-electron chi connectivity index (χ1n) is 13.7. The average molecular weight is 528 g/mol. The van der Waals surface area contributed by atoms with Crippen LogP contribution in [-0.2, 0) is 6.54 Å². The normalized spacial score (nSPS) is 19.4. The molecule has 5 rings (SSSR count). The number of likely N-dealkylation sites (tertiary alicyclic amines) is 1. The van der Waals surface area contributed by atoms with Gasteiger partial charge < -0.3 is 15.1 Å². The van der Waals surface area contributed by atoms with Gasteiger partial charge in [0, 0.05) is 35.0 Å². The fourth-order valence-corrected chi connectivity index (χ4v) is 6.73. The Bertz CT molecular complexity index is 1300. The lowest BCUT2D eigenvalue weighted by Crippen LogP contribution is -2.40. The number of hydrogen-bond donors (Lipinski definition) is 1. The maximum Gasteiger partial charge on any atom is 0.259 e. The zero-order valence-corrected chi connectivity index (χ0v) is 23.4. The molecule has 0 radical (unpaired) electrons. The molecule has 2 aliphatic rings. The summed E-state index contributed by atoms with van der Waals surface area (Å²) in [6.45, 7) is 11.1. The van der Waals surface area contributed by atoms with Crippen LogP contribution < -0.4 is 10.2 Å². The van der Waals surface area contributed by atoms with Gasteiger partial charge in [-0.15, -0.1) is 0 Å². The third-order valence-corrected chi connectivity index (χ3v) is 8.58. The lowest BCUT2D eigenvalue weighted by molar-refractivity contribution is 0.0944. The Labute approximate surface area is 230 Å². The van der Waals surface area contributed by atoms with Crippen molar-refractivity contribution in [3.8, 4) is 0 Å². The largest absolute Gasteiger partial charge is 0.352 e. The number of amides is 2. The van der Waals surface area contributed by atoms with E-state index >= 15 is 0 Å². The lowest BCUT2D eigenvalue weighted by atomic mass is 9.92. The molecule has 0 spiro atoms. The highest BCUT2D eigenvalue weighted by molar-refractivity contribution is 7.99. The molecule has 2 aliphatic heterocycles. The fourth-order valence-electron chi connectivity index (χ4n) is 5.68. The summed E-state index contributed by atoms with van der Waals surface area (Å²) in [5.74, 6) is 1.34. The Morgan fingerprint density at radius 3 is 2.47 bits per heavy atom. The van der Waals surface area contributed by atoms with Crippen molar-refractivity contribution in [2.24, 2.45) is 11.8 Å². The minimum Gasteiger partial charge on any atom is -0.352 e. The van der Waals surface area contributed by atoms with Gasteiger partial charge in [0.25, 0.3) is 11.8 Å². The first kappa shape index (κ1) is 26.5. The van der Waals surface area contributed by atoms with Gasteiger partial charge in [-0.2, -0.15) is 0 Å². The minimum absolute atomic E-state index is 0.0463. The summed E-state index contributed by atoms with van der Waals surface area (Å²) in [5, 5.41) is 3.11. The Morgan fingerprint density at radius 1 is 0.974 bits per heavy atom. The van der Waals surface area contributed by atoms with Crippen LogP contribution in [0.3, 0.4) is 0 Å². The quantitative estimate of drug-likeness (QED) is 0.361. The molecule has 198 valence electrons. The number of carbonyl (C=O) groups excluding carboxylic acids is 2. The van der Waals surface area contributed by atoms with Gasteiger partial charge >= 0.3 is 0 Å². The van der Waals surface area contributed by atoms with Crippen LogP contribution in [0.5, 0.6) is 0 Å². The van der Waals surface area contributed by atoms with Gasteiger partial charge in [0.1, 0.15) is 0 Å². The molecule has 3 aromatic carbocycles. The van der Waals surface area contributed by atoms with Crippen molar-refractivity contribution in [3.05, 3.63) is 89.0 Å². The molecule has 0 saturated carbocycles. The van der Waals surface area contributed by atoms with Crippen LogP contribution >= 0.6 is 11.8 Å². The first-order chi connectivity index (χ1) is 18.4. The van der Waals surface area contributed by atoms with Gasteiger partial charge in [-0.25, -0.2) is 0 Å². The van der Waals surface area contributed by atoms with Crippen LogP contribution in [0.2, 0.25) is 0 Å². The predicted molar refractivity (Wildman–Crippen MR) is 155 cm³/mol. The number of nitrogens with zero attached hydrogens (tertiary/aromatic N) is 2. The number of fused-ring (bicyclic) bond motifs is 2. The first-order valence-corrected chi connectivity index (χ1v) is 14.5. The van der Waals surface area contributed by atoms with Crippen LogP contribution in [0.4, 0.5) is 5.69 Å². The van der Waals surface area contributed by atoms with Crippen molar-refractivity contribution < 1.29 is 9.59 Å². The number of hydrogen-bond acceptors (Lipinski definition) is 4. The number of piperidine rings is 1. The second kappa shape index (κ2) is 11.7. The molecule has 0 bridgehead atoms. The second-order valence-corrected chi connectivity index (χ2v) is 12.1. The number of rotatable bonds is 7. The van der Waals surface area contributed by atoms with E-state index in [4.69, 9.17) is 0 Å². The molecule has 1 N–H and O–H groups in total. The summed E-state index contributed by atoms with van der Waals surface area (Å²) < 4.78 is 0. The van der Waals surface area contributed by atoms with E-state index in [0.717, 1.165) is 58.9 Å². The summed E-state index contributed by atoms with van der Waals surface area (Å²) in [4.78, 5) is 33.2. The third kappa shape index (κ3) is 6.13. The van der Waals surface area contributed by atoms with E-state index in [1.165, 1.54) is 12.0 Å². The zero-order chi connectivity index (χ0) is 26.6. The highest BCUT2D eigenvalue weighted by Gasteiger charge is 2.28. The van der Waals surface area contributed by atoms with E-state index in [1.807, 2.05) is 47.4 Å². The van der Waals surface area contributed by atoms with E-state index in [-0.39, 0.29) is 11.8 Å². The van der Waals surface area contributed by atoms with E-state index in [1.54, 1.807) is 11.8 Å². The number of aryl methyl sites for hydroxylation is 1. The fraction of sp³-hybridized carbons (Fsp3) is 0.375. The summed E-state index contributed by atoms with van der Waals surface area (Å²) in [7, 11) is 0. The zero-order valence-electron chi connectivity index (χ0n) is 22.6. The molecule has 5 nitrogen and oxygen atoms in total. The maximum absolute atomic E-state index is 13.8. The van der Waals surface area contributed by atoms with Crippen LogP contribution in [0.15, 0.2) is 76.5 Å². The van der Waals surface area contributed by atoms with Gasteiger partial charge in [0.15, 0.2) is 0 Å². The van der Waals surface area contributed by atoms with Gasteiger partial charge in [-0.1, -0.05) is 67.6 Å². The molecular weight excluding hydrogens is 490 g/mol. The topological polar surface area (TPSA) is 52.7 Å². The molecule has 2 atom stereocenters. The van der Waals surface area contributed by atoms with Crippen LogP contribution in [-0.4, -0.2) is 42.9 Å². The van der Waals surface area contributed by atoms with Crippen molar-refractivity contribution in [1.29, 1.82) is 0 Å². The van der Waals surface area contributed by atoms with E-state index in [0.29, 0.717) is 24.2 Å². The third-order valence-electron chi connectivity index (χ3n) is 7.44. The summed E-state index contributed by atoms with van der Waals surface area (Å²) in [6, 6.07) is 21.7. The Kier molecular flexibility index (Phi) is 8.20. The van der Waals surface area contributed by atoms with E-state index in [9.17, 15) is 9.59 Å². The minimum atomic E-state index is -0.0947. The Balaban J connectivity index is 1.32. The molecule has 0 aliphatic carbocycles. The van der Waals surface area contributed by atoms with Crippen molar-refractivity contribution in [2.75, 3.05) is 31.1 Å². The number of nitrogens with one attached hydrogen (secondary N) is 1. The van der Waals surface area contributed by atoms with Crippen molar-refractivity contribution in [3.63, 3.8) is 0 Å². The Hall–Kier alpha value is -3.09. The highest BCUT2D eigenvalue weighted by atomic mass is 32.2. The molecule has 2 amide bonds. The summed E-state index contributed by atoms with van der Waals surface area (Å²) in [6.07, 6.45) is 2.23. The second-order valence-electron chi connectivity index (χ2n) is 11.0. The van der Waals surface area contributed by atoms with Gasteiger partial charge in [-0.3, -0.25) is 9.59 Å². The average Bonchev–Trinajstić information content (AvgIpc) is 3.01. The molecule has 0 unspecified atom stereocenters. The summed E-state index contributed by atoms with van der Waals surface area (Å²) >= 11 is 1.58. The number of anilines is 1. The summed E-state index contributed by atoms with van der Waals surface area (Å²) in [5.41, 5.74) is 4.28. The molecule has 0 aromatic heterocycles. The van der Waals surface area contributed by atoms with E-state index < -0.39 is 0 Å². The van der Waals surface area contributed by atoms with Gasteiger partial charge in [-0.05, 0) is 74.0 Å². The molecule has 38 heavy (non-hydrogen) atoms. The SMILES string of the molecule is Cc1ccc(CN2C(=O)c3ccccc3Sc3ccc(C(=O)NCCCN4C[C@H](C)C[C@@H](C)C4)cc32)cc1. The predicted octanol–water partition coefficient (Wildman–Crippen LogP) is 6.40. The van der Waals surface area contributed by atoms with Crippen LogP contribution in [0.25, 0.3) is 0 Å². The maximum atomic E-state index is 13.8. The van der Waals surface area contributed by atoms with Crippen LogP contribution in [0.1, 0.15) is 58.5 Å². The molecule has 1 saturated heterocycles. The highest BCUT2D eigenvalue weighted by Crippen LogP contribution is 2.42. The van der Waals surface area contributed by atoms with Crippen molar-refractivity contribution in [2.45, 2.75) is 49.9 Å². The molecule has 2 heterocycles. The molecular formula is C32H37N3O2S. The monoisotopic (exact) mass is 527 g/mol. The van der Waals surface area contributed by atoms with E-state index in [2.05, 4.69) is 55.3 Å². The Morgan fingerprint density at radius 2 is 1.71 bits per heavy atom. The standard InChI is InChI=1S/C32H37N3O2S/c1-22-9-11-25(12-10-22)21-35-28-18-26(13-14-30(28)38-29-8-5-4-7-27(29)32(35)37)31(36)33-15-6-16-34-19-23(2)17-24(3)20-34/h4-5,7-14,18,23-24H,6,15-17,19-21H2,1-3H3,(H,33,36)/t23-,24-/m1/s1. The smallest absolute Gasteiger partial charge is 0.259 e. The van der Waals surface area contributed by atoms with Crippen LogP contribution in [0, 0.1) is 18.8 Å². The number of carbonyl (C=O) groups is 2. The van der Waals surface area contributed by atoms with Gasteiger partial charge in [0.2, 0.25) is 0 Å². The van der Waals surface area contributed by atoms with Crippen molar-refractivity contribution in [1.82, 2.24) is 10.2 Å². The molecule has 1 fully saturated rings. The molecule has 3 aromatic rings. The van der Waals surface area contributed by atoms with Gasteiger partial charge in [0.05, 0.1) is 17.8 Å². The number of benzene rings is 3. The molecule has 6 heteroatoms. The lowest BCUT2D eigenvalue weighted by Gasteiger charge is -2.34.